The number of hydrogen-bond acceptors (Lipinski definition) is 8. The molecule has 140 valence electrons. The number of rotatable bonds is 4. The number of carbonyl (C=O) groups is 1. The number of aryl methyl sites for hydroxylation is 1. The van der Waals surface area contributed by atoms with Crippen LogP contribution in [0.25, 0.3) is 21.7 Å². The average Bonchev–Trinajstić information content (AvgIpc) is 3.14. The van der Waals surface area contributed by atoms with Crippen LogP contribution in [0.1, 0.15) is 21.7 Å². The Balaban J connectivity index is 1.61. The van der Waals surface area contributed by atoms with Crippen molar-refractivity contribution >= 4 is 33.3 Å². The molecule has 0 spiro atoms. The highest BCUT2D eigenvalue weighted by molar-refractivity contribution is 7.17. The molecule has 0 fully saturated rings. The minimum absolute atomic E-state index is 0.0818. The van der Waals surface area contributed by atoms with Gasteiger partial charge >= 0.3 is 0 Å². The van der Waals surface area contributed by atoms with E-state index in [0.29, 0.717) is 38.7 Å². The molecule has 0 unspecified atom stereocenters. The molecule has 4 N–H and O–H groups in total. The van der Waals surface area contributed by atoms with Crippen LogP contribution in [0.2, 0.25) is 0 Å². The van der Waals surface area contributed by atoms with E-state index in [4.69, 9.17) is 5.73 Å². The van der Waals surface area contributed by atoms with E-state index in [-0.39, 0.29) is 23.8 Å². The van der Waals surface area contributed by atoms with Crippen molar-refractivity contribution in [3.8, 4) is 11.5 Å². The third kappa shape index (κ3) is 3.32. The SMILES string of the molecule is Cc1cnc(CNC(=O)c2csc3nc(-c4ccccn4)nc(N)c23)[nH]c1=O. The summed E-state index contributed by atoms with van der Waals surface area (Å²) in [6, 6.07) is 5.43. The Morgan fingerprint density at radius 3 is 2.89 bits per heavy atom. The normalized spacial score (nSPS) is 10.9. The van der Waals surface area contributed by atoms with Crippen LogP contribution in [-0.4, -0.2) is 30.8 Å². The third-order valence-electron chi connectivity index (χ3n) is 4.05. The zero-order valence-electron chi connectivity index (χ0n) is 14.8. The Labute approximate surface area is 162 Å². The van der Waals surface area contributed by atoms with E-state index in [9.17, 15) is 9.59 Å². The molecule has 0 saturated heterocycles. The van der Waals surface area contributed by atoms with Crippen molar-refractivity contribution in [1.29, 1.82) is 0 Å². The molecule has 0 atom stereocenters. The number of carbonyl (C=O) groups excluding carboxylic acids is 1. The Bertz CT molecular complexity index is 1230. The molecule has 4 aromatic rings. The largest absolute Gasteiger partial charge is 0.383 e. The summed E-state index contributed by atoms with van der Waals surface area (Å²) in [6.45, 7) is 1.74. The van der Waals surface area contributed by atoms with Crippen LogP contribution in [0, 0.1) is 6.92 Å². The van der Waals surface area contributed by atoms with E-state index in [1.807, 2.05) is 6.07 Å². The zero-order valence-corrected chi connectivity index (χ0v) is 15.6. The number of nitrogens with zero attached hydrogens (tertiary/aromatic N) is 4. The second-order valence-electron chi connectivity index (χ2n) is 6.00. The van der Waals surface area contributed by atoms with E-state index < -0.39 is 0 Å². The Kier molecular flexibility index (Phi) is 4.53. The van der Waals surface area contributed by atoms with Crippen molar-refractivity contribution in [2.75, 3.05) is 5.73 Å². The highest BCUT2D eigenvalue weighted by Crippen LogP contribution is 2.30. The van der Waals surface area contributed by atoms with Crippen molar-refractivity contribution in [2.24, 2.45) is 0 Å². The van der Waals surface area contributed by atoms with Crippen molar-refractivity contribution in [2.45, 2.75) is 13.5 Å². The number of thiophene rings is 1. The highest BCUT2D eigenvalue weighted by atomic mass is 32.1. The van der Waals surface area contributed by atoms with Crippen molar-refractivity contribution < 1.29 is 4.79 Å². The number of pyridine rings is 1. The molecule has 4 rings (SSSR count). The topological polar surface area (TPSA) is 140 Å². The predicted octanol–water partition coefficient (Wildman–Crippen LogP) is 1.66. The molecule has 0 aliphatic heterocycles. The first-order chi connectivity index (χ1) is 13.5. The number of fused-ring (bicyclic) bond motifs is 1. The van der Waals surface area contributed by atoms with E-state index in [0.717, 1.165) is 0 Å². The van der Waals surface area contributed by atoms with Gasteiger partial charge in [-0.15, -0.1) is 11.3 Å². The van der Waals surface area contributed by atoms with Gasteiger partial charge in [0, 0.05) is 23.3 Å². The highest BCUT2D eigenvalue weighted by Gasteiger charge is 2.18. The summed E-state index contributed by atoms with van der Waals surface area (Å²) in [7, 11) is 0. The number of nitrogens with two attached hydrogens (primary N) is 1. The maximum atomic E-state index is 12.6. The number of aromatic amines is 1. The maximum absolute atomic E-state index is 12.6. The number of amides is 1. The van der Waals surface area contributed by atoms with Gasteiger partial charge in [-0.05, 0) is 19.1 Å². The monoisotopic (exact) mass is 393 g/mol. The number of nitrogens with one attached hydrogen (secondary N) is 2. The summed E-state index contributed by atoms with van der Waals surface area (Å²) >= 11 is 1.30. The molecule has 10 heteroatoms. The summed E-state index contributed by atoms with van der Waals surface area (Å²) in [4.78, 5) is 44.5. The van der Waals surface area contributed by atoms with Crippen molar-refractivity contribution in [3.63, 3.8) is 0 Å². The first-order valence-electron chi connectivity index (χ1n) is 8.32. The molecule has 4 aromatic heterocycles. The second-order valence-corrected chi connectivity index (χ2v) is 6.86. The number of anilines is 1. The molecule has 0 bridgehead atoms. The fourth-order valence-electron chi connectivity index (χ4n) is 2.59. The molecule has 0 aliphatic carbocycles. The van der Waals surface area contributed by atoms with E-state index >= 15 is 0 Å². The lowest BCUT2D eigenvalue weighted by molar-refractivity contribution is 0.0952. The van der Waals surface area contributed by atoms with Crippen LogP contribution in [-0.2, 0) is 6.54 Å². The van der Waals surface area contributed by atoms with Crippen LogP contribution in [0.15, 0.2) is 40.8 Å². The number of H-pyrrole nitrogens is 1. The maximum Gasteiger partial charge on any atom is 0.253 e. The molecular formula is C18H15N7O2S. The van der Waals surface area contributed by atoms with Gasteiger partial charge in [0.05, 0.1) is 17.5 Å². The Morgan fingerprint density at radius 2 is 2.14 bits per heavy atom. The number of aromatic nitrogens is 5. The van der Waals surface area contributed by atoms with Gasteiger partial charge in [-0.1, -0.05) is 6.07 Å². The molecule has 28 heavy (non-hydrogen) atoms. The number of hydrogen-bond donors (Lipinski definition) is 3. The van der Waals surface area contributed by atoms with E-state index in [1.165, 1.54) is 17.5 Å². The van der Waals surface area contributed by atoms with Gasteiger partial charge < -0.3 is 16.0 Å². The minimum atomic E-state index is -0.352. The lowest BCUT2D eigenvalue weighted by Gasteiger charge is -2.06. The van der Waals surface area contributed by atoms with Gasteiger partial charge in [-0.3, -0.25) is 14.6 Å². The molecule has 4 heterocycles. The van der Waals surface area contributed by atoms with Crippen LogP contribution in [0.3, 0.4) is 0 Å². The molecule has 0 radical (unpaired) electrons. The van der Waals surface area contributed by atoms with Gasteiger partial charge in [0.2, 0.25) is 0 Å². The fraction of sp³-hybridized carbons (Fsp3) is 0.111. The molecule has 0 saturated carbocycles. The van der Waals surface area contributed by atoms with Gasteiger partial charge in [0.1, 0.15) is 22.2 Å². The Hall–Kier alpha value is -3.66. The standard InChI is InChI=1S/C18H15N7O2S/c1-9-6-21-12(23-16(9)26)7-22-17(27)10-8-28-18-13(10)14(19)24-15(25-18)11-4-2-3-5-20-11/h2-6,8H,7H2,1H3,(H,22,27)(H2,19,24,25)(H,21,23,26). The summed E-state index contributed by atoms with van der Waals surface area (Å²) < 4.78 is 0. The third-order valence-corrected chi connectivity index (χ3v) is 4.92. The lowest BCUT2D eigenvalue weighted by atomic mass is 10.2. The first-order valence-corrected chi connectivity index (χ1v) is 9.20. The van der Waals surface area contributed by atoms with Gasteiger partial charge in [-0.2, -0.15) is 0 Å². The summed E-state index contributed by atoms with van der Waals surface area (Å²) in [5.74, 6) is 0.625. The van der Waals surface area contributed by atoms with Crippen LogP contribution in [0.4, 0.5) is 5.82 Å². The first kappa shape index (κ1) is 17.7. The molecule has 1 amide bonds. The smallest absolute Gasteiger partial charge is 0.253 e. The van der Waals surface area contributed by atoms with Crippen LogP contribution < -0.4 is 16.6 Å². The van der Waals surface area contributed by atoms with Crippen LogP contribution in [0.5, 0.6) is 0 Å². The molecular weight excluding hydrogens is 378 g/mol. The van der Waals surface area contributed by atoms with Gasteiger partial charge in [0.25, 0.3) is 11.5 Å². The zero-order chi connectivity index (χ0) is 19.7. The van der Waals surface area contributed by atoms with Crippen molar-refractivity contribution in [1.82, 2.24) is 30.2 Å². The molecule has 9 nitrogen and oxygen atoms in total. The Morgan fingerprint density at radius 1 is 1.29 bits per heavy atom. The quantitative estimate of drug-likeness (QED) is 0.479. The van der Waals surface area contributed by atoms with Crippen LogP contribution >= 0.6 is 11.3 Å². The lowest BCUT2D eigenvalue weighted by Crippen LogP contribution is -2.25. The van der Waals surface area contributed by atoms with Gasteiger partial charge in [-0.25, -0.2) is 15.0 Å². The van der Waals surface area contributed by atoms with Crippen molar-refractivity contribution in [3.05, 3.63) is 63.3 Å². The van der Waals surface area contributed by atoms with E-state index in [1.54, 1.807) is 30.6 Å². The summed E-state index contributed by atoms with van der Waals surface area (Å²) in [5, 5.41) is 4.90. The fourth-order valence-corrected chi connectivity index (χ4v) is 3.52. The minimum Gasteiger partial charge on any atom is -0.383 e. The number of nitrogen functional groups attached to an aromatic ring is 1. The van der Waals surface area contributed by atoms with E-state index in [2.05, 4.69) is 30.2 Å². The predicted molar refractivity (Wildman–Crippen MR) is 106 cm³/mol. The second kappa shape index (κ2) is 7.16. The van der Waals surface area contributed by atoms with Gasteiger partial charge in [0.15, 0.2) is 5.82 Å². The molecule has 0 aromatic carbocycles. The average molecular weight is 393 g/mol. The summed E-state index contributed by atoms with van der Waals surface area (Å²) in [6.07, 6.45) is 3.11. The molecule has 0 aliphatic rings. The summed E-state index contributed by atoms with van der Waals surface area (Å²) in [5.41, 5.74) is 7.36.